The van der Waals surface area contributed by atoms with Gasteiger partial charge in [0.25, 0.3) is 0 Å². The van der Waals surface area contributed by atoms with Crippen LogP contribution in [-0.2, 0) is 9.84 Å². The van der Waals surface area contributed by atoms with Crippen molar-refractivity contribution in [2.75, 3.05) is 0 Å². The first-order chi connectivity index (χ1) is 6.48. The highest BCUT2D eigenvalue weighted by Crippen LogP contribution is 2.16. The normalized spacial score (nSPS) is 13.6. The molecule has 3 heteroatoms. The van der Waals surface area contributed by atoms with Gasteiger partial charge in [-0.3, -0.25) is 0 Å². The van der Waals surface area contributed by atoms with Gasteiger partial charge in [0.1, 0.15) is 0 Å². The highest BCUT2D eigenvalue weighted by atomic mass is 32.2. The molecule has 1 aromatic carbocycles. The molecule has 0 amide bonds. The Balaban J connectivity index is 3.17. The van der Waals surface area contributed by atoms with Crippen LogP contribution in [0.2, 0.25) is 0 Å². The molecule has 0 aliphatic carbocycles. The second kappa shape index (κ2) is 3.96. The molecule has 0 aliphatic rings. The molecule has 0 radical (unpaired) electrons. The molecular weight excluding hydrogens is 196 g/mol. The molecule has 0 aromatic heterocycles. The van der Waals surface area contributed by atoms with Gasteiger partial charge in [-0.05, 0) is 26.0 Å². The Hall–Kier alpha value is -1.09. The summed E-state index contributed by atoms with van der Waals surface area (Å²) in [6.45, 7) is 7.04. The standard InChI is InChI=1S/C11H14O2S/c1-4-10(3)14(12,13)11-7-5-9(2)6-8-11/h4-8,10H,1H2,2-3H3/t10-/m0/s1. The van der Waals surface area contributed by atoms with Crippen molar-refractivity contribution in [3.63, 3.8) is 0 Å². The van der Waals surface area contributed by atoms with Crippen LogP contribution in [0.25, 0.3) is 0 Å². The van der Waals surface area contributed by atoms with Crippen LogP contribution >= 0.6 is 0 Å². The van der Waals surface area contributed by atoms with E-state index in [1.807, 2.05) is 6.92 Å². The minimum Gasteiger partial charge on any atom is -0.223 e. The molecule has 0 heterocycles. The average molecular weight is 210 g/mol. The van der Waals surface area contributed by atoms with Gasteiger partial charge in [-0.2, -0.15) is 0 Å². The lowest BCUT2D eigenvalue weighted by atomic mass is 10.2. The van der Waals surface area contributed by atoms with E-state index in [1.165, 1.54) is 6.08 Å². The maximum absolute atomic E-state index is 11.8. The third-order valence-corrected chi connectivity index (χ3v) is 4.27. The molecule has 2 nitrogen and oxygen atoms in total. The van der Waals surface area contributed by atoms with Gasteiger partial charge < -0.3 is 0 Å². The Morgan fingerprint density at radius 3 is 2.21 bits per heavy atom. The molecule has 1 rings (SSSR count). The topological polar surface area (TPSA) is 34.1 Å². The van der Waals surface area contributed by atoms with Crippen molar-refractivity contribution in [2.24, 2.45) is 0 Å². The van der Waals surface area contributed by atoms with Gasteiger partial charge in [0, 0.05) is 0 Å². The van der Waals surface area contributed by atoms with Crippen LogP contribution in [0.15, 0.2) is 41.8 Å². The van der Waals surface area contributed by atoms with E-state index in [0.717, 1.165) is 5.56 Å². The minimum absolute atomic E-state index is 0.357. The minimum atomic E-state index is -3.22. The SMILES string of the molecule is C=C[C@H](C)S(=O)(=O)c1ccc(C)cc1. The van der Waals surface area contributed by atoms with Crippen LogP contribution in [0.4, 0.5) is 0 Å². The first kappa shape index (κ1) is 11.0. The Kier molecular flexibility index (Phi) is 3.11. The zero-order valence-corrected chi connectivity index (χ0v) is 9.21. The molecule has 1 atom stereocenters. The van der Waals surface area contributed by atoms with Gasteiger partial charge in [0.2, 0.25) is 0 Å². The van der Waals surface area contributed by atoms with Gasteiger partial charge >= 0.3 is 0 Å². The zero-order valence-electron chi connectivity index (χ0n) is 8.40. The Bertz CT molecular complexity index is 415. The van der Waals surface area contributed by atoms with E-state index >= 15 is 0 Å². The summed E-state index contributed by atoms with van der Waals surface area (Å²) in [7, 11) is -3.22. The summed E-state index contributed by atoms with van der Waals surface area (Å²) in [5.41, 5.74) is 1.05. The molecule has 14 heavy (non-hydrogen) atoms. The number of aryl methyl sites for hydroxylation is 1. The van der Waals surface area contributed by atoms with Crippen LogP contribution in [0.5, 0.6) is 0 Å². The van der Waals surface area contributed by atoms with E-state index in [2.05, 4.69) is 6.58 Å². The van der Waals surface area contributed by atoms with Crippen molar-refractivity contribution in [3.05, 3.63) is 42.5 Å². The van der Waals surface area contributed by atoms with Gasteiger partial charge in [-0.15, -0.1) is 6.58 Å². The van der Waals surface area contributed by atoms with Crippen molar-refractivity contribution in [1.82, 2.24) is 0 Å². The zero-order chi connectivity index (χ0) is 10.8. The third-order valence-electron chi connectivity index (χ3n) is 2.17. The molecule has 0 spiro atoms. The van der Waals surface area contributed by atoms with Crippen LogP contribution < -0.4 is 0 Å². The van der Waals surface area contributed by atoms with E-state index in [0.29, 0.717) is 4.90 Å². The van der Waals surface area contributed by atoms with E-state index < -0.39 is 15.1 Å². The molecule has 0 bridgehead atoms. The maximum atomic E-state index is 11.8. The van der Waals surface area contributed by atoms with E-state index in [9.17, 15) is 8.42 Å². The smallest absolute Gasteiger partial charge is 0.184 e. The van der Waals surface area contributed by atoms with Crippen molar-refractivity contribution in [3.8, 4) is 0 Å². The lowest BCUT2D eigenvalue weighted by Gasteiger charge is -2.08. The molecule has 0 N–H and O–H groups in total. The molecule has 0 saturated carbocycles. The summed E-state index contributed by atoms with van der Waals surface area (Å²) in [4.78, 5) is 0.357. The lowest BCUT2D eigenvalue weighted by Crippen LogP contribution is -2.14. The van der Waals surface area contributed by atoms with Crippen LogP contribution in [0, 0.1) is 6.92 Å². The summed E-state index contributed by atoms with van der Waals surface area (Å²) in [5.74, 6) is 0. The van der Waals surface area contributed by atoms with Crippen molar-refractivity contribution in [2.45, 2.75) is 24.0 Å². The van der Waals surface area contributed by atoms with E-state index in [4.69, 9.17) is 0 Å². The highest BCUT2D eigenvalue weighted by Gasteiger charge is 2.19. The van der Waals surface area contributed by atoms with Gasteiger partial charge in [0.15, 0.2) is 9.84 Å². The molecular formula is C11H14O2S. The van der Waals surface area contributed by atoms with E-state index in [1.54, 1.807) is 31.2 Å². The number of rotatable bonds is 3. The molecule has 0 aliphatic heterocycles. The molecule has 1 aromatic rings. The van der Waals surface area contributed by atoms with E-state index in [-0.39, 0.29) is 0 Å². The number of benzene rings is 1. The second-order valence-corrected chi connectivity index (χ2v) is 5.60. The van der Waals surface area contributed by atoms with Gasteiger partial charge in [-0.25, -0.2) is 8.42 Å². The Labute approximate surface area is 85.2 Å². The monoisotopic (exact) mass is 210 g/mol. The molecule has 0 unspecified atom stereocenters. The van der Waals surface area contributed by atoms with Crippen LogP contribution in [0.3, 0.4) is 0 Å². The second-order valence-electron chi connectivity index (χ2n) is 3.30. The van der Waals surface area contributed by atoms with Crippen LogP contribution in [0.1, 0.15) is 12.5 Å². The van der Waals surface area contributed by atoms with Crippen molar-refractivity contribution < 1.29 is 8.42 Å². The predicted octanol–water partition coefficient (Wildman–Crippen LogP) is 2.34. The summed E-state index contributed by atoms with van der Waals surface area (Å²) in [6, 6.07) is 6.85. The number of sulfone groups is 1. The van der Waals surface area contributed by atoms with Crippen LogP contribution in [-0.4, -0.2) is 13.7 Å². The summed E-state index contributed by atoms with van der Waals surface area (Å²) in [5, 5.41) is -0.537. The summed E-state index contributed by atoms with van der Waals surface area (Å²) in [6.07, 6.45) is 1.44. The van der Waals surface area contributed by atoms with Gasteiger partial charge in [-0.1, -0.05) is 23.8 Å². The molecule has 76 valence electrons. The first-order valence-corrected chi connectivity index (χ1v) is 5.96. The van der Waals surface area contributed by atoms with Crippen molar-refractivity contribution in [1.29, 1.82) is 0 Å². The fraction of sp³-hybridized carbons (Fsp3) is 0.273. The Morgan fingerprint density at radius 2 is 1.79 bits per heavy atom. The summed E-state index contributed by atoms with van der Waals surface area (Å²) < 4.78 is 23.6. The fourth-order valence-electron chi connectivity index (χ4n) is 1.07. The maximum Gasteiger partial charge on any atom is 0.184 e. The molecule has 0 saturated heterocycles. The quantitative estimate of drug-likeness (QED) is 0.718. The first-order valence-electron chi connectivity index (χ1n) is 4.41. The number of hydrogen-bond acceptors (Lipinski definition) is 2. The fourth-order valence-corrected chi connectivity index (χ4v) is 2.27. The summed E-state index contributed by atoms with van der Waals surface area (Å²) >= 11 is 0. The lowest BCUT2D eigenvalue weighted by molar-refractivity contribution is 0.591. The largest absolute Gasteiger partial charge is 0.223 e. The Morgan fingerprint density at radius 1 is 1.29 bits per heavy atom. The molecule has 0 fully saturated rings. The van der Waals surface area contributed by atoms with Crippen molar-refractivity contribution >= 4 is 9.84 Å². The number of hydrogen-bond donors (Lipinski definition) is 0. The predicted molar refractivity (Wildman–Crippen MR) is 58.0 cm³/mol. The third kappa shape index (κ3) is 2.04. The van der Waals surface area contributed by atoms with Gasteiger partial charge in [0.05, 0.1) is 10.1 Å². The average Bonchev–Trinajstić information content (AvgIpc) is 2.17. The highest BCUT2D eigenvalue weighted by molar-refractivity contribution is 7.92.